The van der Waals surface area contributed by atoms with Crippen molar-refractivity contribution in [3.05, 3.63) is 35.9 Å². The number of benzene rings is 1. The lowest BCUT2D eigenvalue weighted by molar-refractivity contribution is -0.133. The SMILES string of the molecule is CN(C(=O)[C@@H](N)Cc1ccccc1)C1CCCCCC1. The molecule has 1 aliphatic carbocycles. The molecule has 0 bridgehead atoms. The van der Waals surface area contributed by atoms with E-state index < -0.39 is 6.04 Å². The molecule has 110 valence electrons. The molecule has 0 radical (unpaired) electrons. The second-order valence-electron chi connectivity index (χ2n) is 5.89. The standard InChI is InChI=1S/C17H26N2O/c1-19(15-11-7-2-3-8-12-15)17(20)16(18)13-14-9-5-4-6-10-14/h4-6,9-10,15-16H,2-3,7-8,11-13,18H2,1H3/t16-/m0/s1. The highest BCUT2D eigenvalue weighted by atomic mass is 16.2. The van der Waals surface area contributed by atoms with Gasteiger partial charge < -0.3 is 10.6 Å². The Morgan fingerprint density at radius 3 is 2.40 bits per heavy atom. The number of likely N-dealkylation sites (N-methyl/N-ethyl adjacent to an activating group) is 1. The highest BCUT2D eigenvalue weighted by molar-refractivity contribution is 5.82. The summed E-state index contributed by atoms with van der Waals surface area (Å²) in [5.74, 6) is 0.0840. The van der Waals surface area contributed by atoms with E-state index in [1.807, 2.05) is 42.3 Å². The third kappa shape index (κ3) is 4.07. The lowest BCUT2D eigenvalue weighted by atomic mass is 10.0. The van der Waals surface area contributed by atoms with Crippen molar-refractivity contribution in [2.45, 2.75) is 57.0 Å². The summed E-state index contributed by atoms with van der Waals surface area (Å²) in [5.41, 5.74) is 7.23. The van der Waals surface area contributed by atoms with Crippen molar-refractivity contribution in [1.29, 1.82) is 0 Å². The highest BCUT2D eigenvalue weighted by Crippen LogP contribution is 2.21. The zero-order valence-corrected chi connectivity index (χ0v) is 12.4. The van der Waals surface area contributed by atoms with Crippen molar-refractivity contribution in [2.75, 3.05) is 7.05 Å². The molecule has 0 aliphatic heterocycles. The van der Waals surface area contributed by atoms with Crippen LogP contribution in [-0.2, 0) is 11.2 Å². The number of carbonyl (C=O) groups excluding carboxylic acids is 1. The van der Waals surface area contributed by atoms with Gasteiger partial charge in [-0.25, -0.2) is 0 Å². The van der Waals surface area contributed by atoms with Crippen molar-refractivity contribution in [3.63, 3.8) is 0 Å². The number of hydrogen-bond acceptors (Lipinski definition) is 2. The van der Waals surface area contributed by atoms with E-state index in [0.717, 1.165) is 18.4 Å². The van der Waals surface area contributed by atoms with E-state index >= 15 is 0 Å². The minimum Gasteiger partial charge on any atom is -0.341 e. The fraction of sp³-hybridized carbons (Fsp3) is 0.588. The second-order valence-corrected chi connectivity index (χ2v) is 5.89. The Kier molecular flexibility index (Phi) is 5.60. The summed E-state index contributed by atoms with van der Waals surface area (Å²) in [4.78, 5) is 14.4. The molecule has 1 atom stereocenters. The number of rotatable bonds is 4. The highest BCUT2D eigenvalue weighted by Gasteiger charge is 2.25. The van der Waals surface area contributed by atoms with Crippen LogP contribution >= 0.6 is 0 Å². The zero-order valence-electron chi connectivity index (χ0n) is 12.4. The Bertz CT molecular complexity index is 410. The van der Waals surface area contributed by atoms with Gasteiger partial charge in [0.05, 0.1) is 6.04 Å². The molecule has 2 rings (SSSR count). The molecule has 20 heavy (non-hydrogen) atoms. The number of hydrogen-bond donors (Lipinski definition) is 1. The quantitative estimate of drug-likeness (QED) is 0.858. The molecule has 0 unspecified atom stereocenters. The summed E-state index contributed by atoms with van der Waals surface area (Å²) < 4.78 is 0. The molecule has 2 N–H and O–H groups in total. The van der Waals surface area contributed by atoms with E-state index in [1.54, 1.807) is 0 Å². The van der Waals surface area contributed by atoms with E-state index in [2.05, 4.69) is 0 Å². The van der Waals surface area contributed by atoms with Crippen LogP contribution in [-0.4, -0.2) is 29.9 Å². The molecule has 1 aromatic carbocycles. The van der Waals surface area contributed by atoms with Crippen molar-refractivity contribution < 1.29 is 4.79 Å². The van der Waals surface area contributed by atoms with Gasteiger partial charge in [-0.05, 0) is 24.8 Å². The van der Waals surface area contributed by atoms with Gasteiger partial charge in [0.15, 0.2) is 0 Å². The monoisotopic (exact) mass is 274 g/mol. The third-order valence-corrected chi connectivity index (χ3v) is 4.34. The van der Waals surface area contributed by atoms with Crippen LogP contribution in [0.25, 0.3) is 0 Å². The van der Waals surface area contributed by atoms with Gasteiger partial charge in [0.2, 0.25) is 5.91 Å². The van der Waals surface area contributed by atoms with Crippen molar-refractivity contribution >= 4 is 5.91 Å². The van der Waals surface area contributed by atoms with Crippen LogP contribution in [0.3, 0.4) is 0 Å². The van der Waals surface area contributed by atoms with E-state index in [-0.39, 0.29) is 5.91 Å². The van der Waals surface area contributed by atoms with Crippen LogP contribution in [0.2, 0.25) is 0 Å². The average molecular weight is 274 g/mol. The van der Waals surface area contributed by atoms with Crippen molar-refractivity contribution in [1.82, 2.24) is 4.90 Å². The Hall–Kier alpha value is -1.35. The molecule has 3 nitrogen and oxygen atoms in total. The maximum absolute atomic E-state index is 12.5. The second kappa shape index (κ2) is 7.44. The molecule has 1 saturated carbocycles. The fourth-order valence-electron chi connectivity index (χ4n) is 3.04. The fourth-order valence-corrected chi connectivity index (χ4v) is 3.04. The van der Waals surface area contributed by atoms with E-state index in [4.69, 9.17) is 5.73 Å². The van der Waals surface area contributed by atoms with Gasteiger partial charge in [-0.2, -0.15) is 0 Å². The summed E-state index contributed by atoms with van der Waals surface area (Å²) in [6.07, 6.45) is 7.94. The summed E-state index contributed by atoms with van der Waals surface area (Å²) in [6.45, 7) is 0. The Labute approximate surface area is 122 Å². The molecule has 1 amide bonds. The number of nitrogens with two attached hydrogens (primary N) is 1. The van der Waals surface area contributed by atoms with Gasteiger partial charge in [0, 0.05) is 13.1 Å². The molecule has 0 aromatic heterocycles. The molecule has 1 aromatic rings. The van der Waals surface area contributed by atoms with Crippen LogP contribution in [0, 0.1) is 0 Å². The molecule has 0 heterocycles. The minimum absolute atomic E-state index is 0.0840. The van der Waals surface area contributed by atoms with Crippen molar-refractivity contribution in [2.24, 2.45) is 5.73 Å². The first-order valence-electron chi connectivity index (χ1n) is 7.74. The van der Waals surface area contributed by atoms with Crippen LogP contribution in [0.1, 0.15) is 44.1 Å². The van der Waals surface area contributed by atoms with Gasteiger partial charge in [-0.1, -0.05) is 56.0 Å². The Morgan fingerprint density at radius 2 is 1.80 bits per heavy atom. The first kappa shape index (κ1) is 15.0. The molecular formula is C17H26N2O. The minimum atomic E-state index is -0.425. The normalized spacial score (nSPS) is 18.3. The van der Waals surface area contributed by atoms with Gasteiger partial charge >= 0.3 is 0 Å². The Morgan fingerprint density at radius 1 is 1.20 bits per heavy atom. The summed E-state index contributed by atoms with van der Waals surface area (Å²) in [6, 6.07) is 9.97. The maximum Gasteiger partial charge on any atom is 0.239 e. The number of carbonyl (C=O) groups is 1. The van der Waals surface area contributed by atoms with E-state index in [9.17, 15) is 4.79 Å². The summed E-state index contributed by atoms with van der Waals surface area (Å²) >= 11 is 0. The number of nitrogens with zero attached hydrogens (tertiary/aromatic N) is 1. The maximum atomic E-state index is 12.5. The molecule has 3 heteroatoms. The van der Waals surface area contributed by atoms with Crippen molar-refractivity contribution in [3.8, 4) is 0 Å². The van der Waals surface area contributed by atoms with E-state index in [1.165, 1.54) is 25.7 Å². The average Bonchev–Trinajstić information content (AvgIpc) is 2.75. The Balaban J connectivity index is 1.91. The topological polar surface area (TPSA) is 46.3 Å². The summed E-state index contributed by atoms with van der Waals surface area (Å²) in [5, 5.41) is 0. The van der Waals surface area contributed by atoms with Gasteiger partial charge in [-0.15, -0.1) is 0 Å². The lowest BCUT2D eigenvalue weighted by Gasteiger charge is -2.29. The van der Waals surface area contributed by atoms with Crippen LogP contribution in [0.5, 0.6) is 0 Å². The lowest BCUT2D eigenvalue weighted by Crippen LogP contribution is -2.47. The smallest absolute Gasteiger partial charge is 0.239 e. The van der Waals surface area contributed by atoms with E-state index in [0.29, 0.717) is 12.5 Å². The summed E-state index contributed by atoms with van der Waals surface area (Å²) in [7, 11) is 1.92. The molecular weight excluding hydrogens is 248 g/mol. The van der Waals surface area contributed by atoms with Crippen LogP contribution < -0.4 is 5.73 Å². The first-order valence-corrected chi connectivity index (χ1v) is 7.74. The third-order valence-electron chi connectivity index (χ3n) is 4.34. The molecule has 1 aliphatic rings. The largest absolute Gasteiger partial charge is 0.341 e. The molecule has 0 spiro atoms. The molecule has 0 saturated heterocycles. The first-order chi connectivity index (χ1) is 9.68. The van der Waals surface area contributed by atoms with Gasteiger partial charge in [-0.3, -0.25) is 4.79 Å². The van der Waals surface area contributed by atoms with Crippen LogP contribution in [0.4, 0.5) is 0 Å². The predicted octanol–water partition coefficient (Wildman–Crippen LogP) is 2.74. The number of amides is 1. The predicted molar refractivity (Wildman–Crippen MR) is 82.4 cm³/mol. The van der Waals surface area contributed by atoms with Gasteiger partial charge in [0.1, 0.15) is 0 Å². The van der Waals surface area contributed by atoms with Crippen LogP contribution in [0.15, 0.2) is 30.3 Å². The zero-order chi connectivity index (χ0) is 14.4. The van der Waals surface area contributed by atoms with Gasteiger partial charge in [0.25, 0.3) is 0 Å². The molecule has 1 fully saturated rings.